The van der Waals surface area contributed by atoms with Gasteiger partial charge >= 0.3 is 0 Å². The molecule has 1 aliphatic heterocycles. The summed E-state index contributed by atoms with van der Waals surface area (Å²) in [4.78, 5) is 28.6. The summed E-state index contributed by atoms with van der Waals surface area (Å²) in [6.07, 6.45) is 4.30. The Morgan fingerprint density at radius 1 is 0.688 bits per heavy atom. The van der Waals surface area contributed by atoms with Crippen LogP contribution in [0.4, 0.5) is 5.69 Å². The molecule has 32 heavy (non-hydrogen) atoms. The van der Waals surface area contributed by atoms with Gasteiger partial charge in [0.05, 0.1) is 17.5 Å². The Hall–Kier alpha value is -3.72. The van der Waals surface area contributed by atoms with E-state index in [1.807, 2.05) is 67.6 Å². The number of carbonyl (C=O) groups is 2. The van der Waals surface area contributed by atoms with Gasteiger partial charge in [0.25, 0.3) is 0 Å². The molecule has 0 unspecified atom stereocenters. The highest BCUT2D eigenvalue weighted by molar-refractivity contribution is 6.23. The van der Waals surface area contributed by atoms with Crippen molar-refractivity contribution in [1.82, 2.24) is 0 Å². The van der Waals surface area contributed by atoms with E-state index >= 15 is 0 Å². The number of imide groups is 1. The van der Waals surface area contributed by atoms with E-state index in [0.717, 1.165) is 22.3 Å². The summed E-state index contributed by atoms with van der Waals surface area (Å²) in [6, 6.07) is 28.3. The van der Waals surface area contributed by atoms with Crippen molar-refractivity contribution in [2.45, 2.75) is 6.92 Å². The van der Waals surface area contributed by atoms with Crippen LogP contribution in [0.3, 0.4) is 0 Å². The molecular formula is C29H23NO2. The van der Waals surface area contributed by atoms with Gasteiger partial charge in [-0.25, -0.2) is 4.90 Å². The summed E-state index contributed by atoms with van der Waals surface area (Å²) in [6.45, 7) is 1.98. The van der Waals surface area contributed by atoms with Crippen molar-refractivity contribution in [2.24, 2.45) is 23.7 Å². The Balaban J connectivity index is 1.49. The van der Waals surface area contributed by atoms with Gasteiger partial charge in [0.2, 0.25) is 11.8 Å². The van der Waals surface area contributed by atoms with Crippen molar-refractivity contribution in [3.8, 4) is 0 Å². The first-order valence-electron chi connectivity index (χ1n) is 11.1. The van der Waals surface area contributed by atoms with Crippen LogP contribution in [-0.2, 0) is 9.59 Å². The number of anilines is 1. The van der Waals surface area contributed by atoms with E-state index in [0.29, 0.717) is 5.69 Å². The molecule has 2 amide bonds. The molecule has 0 spiro atoms. The van der Waals surface area contributed by atoms with E-state index in [-0.39, 0.29) is 35.5 Å². The first-order valence-corrected chi connectivity index (χ1v) is 11.1. The third-order valence-electron chi connectivity index (χ3n) is 7.09. The van der Waals surface area contributed by atoms with Crippen LogP contribution in [0.25, 0.3) is 5.57 Å². The van der Waals surface area contributed by atoms with Crippen LogP contribution in [-0.4, -0.2) is 11.8 Å². The maximum Gasteiger partial charge on any atom is 0.238 e. The fraction of sp³-hybridized carbons (Fsp3) is 0.172. The SMILES string of the molecule is Cc1cccc(N2C(=O)[C@@H]3[C@H](C2=O)[C@H]2C=C[C@@H]3C2=C(c2ccccc2)c2ccccc2)c1. The second kappa shape index (κ2) is 7.16. The lowest BCUT2D eigenvalue weighted by molar-refractivity contribution is -0.122. The van der Waals surface area contributed by atoms with Crippen molar-refractivity contribution in [1.29, 1.82) is 0 Å². The van der Waals surface area contributed by atoms with Gasteiger partial charge in [-0.15, -0.1) is 0 Å². The molecule has 2 fully saturated rings. The minimum atomic E-state index is -0.324. The standard InChI is InChI=1S/C29H23NO2/c1-18-9-8-14-21(17-18)30-28(31)26-22-15-16-23(27(26)29(30)32)25(22)24(19-10-4-2-5-11-19)20-12-6-3-7-13-20/h2-17,22-23,26-27H,1H3/t22-,23+,26+,27-. The number of amides is 2. The lowest BCUT2D eigenvalue weighted by Crippen LogP contribution is -2.33. The molecule has 3 aromatic rings. The monoisotopic (exact) mass is 417 g/mol. The summed E-state index contributed by atoms with van der Waals surface area (Å²) in [5, 5.41) is 0. The fourth-order valence-corrected chi connectivity index (χ4v) is 5.83. The van der Waals surface area contributed by atoms with Crippen LogP contribution in [0, 0.1) is 30.6 Å². The molecule has 0 N–H and O–H groups in total. The summed E-state index contributed by atoms with van der Waals surface area (Å²) in [7, 11) is 0. The van der Waals surface area contributed by atoms with E-state index in [1.54, 1.807) is 0 Å². The lowest BCUT2D eigenvalue weighted by atomic mass is 9.85. The van der Waals surface area contributed by atoms with E-state index in [1.165, 1.54) is 10.5 Å². The minimum absolute atomic E-state index is 0.0494. The van der Waals surface area contributed by atoms with Gasteiger partial charge in [-0.1, -0.05) is 84.9 Å². The lowest BCUT2D eigenvalue weighted by Gasteiger charge is -2.21. The van der Waals surface area contributed by atoms with Crippen molar-refractivity contribution in [3.63, 3.8) is 0 Å². The van der Waals surface area contributed by atoms with Crippen LogP contribution < -0.4 is 4.90 Å². The first-order chi connectivity index (χ1) is 15.6. The summed E-state index contributed by atoms with van der Waals surface area (Å²) in [5.74, 6) is -0.884. The molecule has 0 radical (unpaired) electrons. The Labute approximate surface area is 187 Å². The number of aryl methyl sites for hydroxylation is 1. The molecule has 156 valence electrons. The predicted molar refractivity (Wildman–Crippen MR) is 126 cm³/mol. The topological polar surface area (TPSA) is 37.4 Å². The van der Waals surface area contributed by atoms with Crippen molar-refractivity contribution in [2.75, 3.05) is 4.90 Å². The molecule has 1 saturated heterocycles. The number of nitrogens with zero attached hydrogens (tertiary/aromatic N) is 1. The maximum atomic E-state index is 13.6. The molecule has 1 heterocycles. The van der Waals surface area contributed by atoms with Crippen molar-refractivity contribution in [3.05, 3.63) is 119 Å². The maximum absolute atomic E-state index is 13.6. The predicted octanol–water partition coefficient (Wildman–Crippen LogP) is 5.42. The van der Waals surface area contributed by atoms with E-state index < -0.39 is 0 Å². The van der Waals surface area contributed by atoms with Gasteiger partial charge in [0.15, 0.2) is 0 Å². The number of benzene rings is 3. The summed E-state index contributed by atoms with van der Waals surface area (Å²) in [5.41, 5.74) is 6.35. The average Bonchev–Trinajstić information content (AvgIpc) is 3.45. The Morgan fingerprint density at radius 3 is 1.72 bits per heavy atom. The molecule has 1 saturated carbocycles. The zero-order chi connectivity index (χ0) is 21.8. The third-order valence-corrected chi connectivity index (χ3v) is 7.09. The smallest absolute Gasteiger partial charge is 0.238 e. The van der Waals surface area contributed by atoms with Gasteiger partial charge in [-0.2, -0.15) is 0 Å². The number of hydrogen-bond acceptors (Lipinski definition) is 2. The highest BCUT2D eigenvalue weighted by Gasteiger charge is 2.62. The normalized spacial score (nSPS) is 25.5. The molecule has 3 nitrogen and oxygen atoms in total. The molecule has 3 aliphatic rings. The van der Waals surface area contributed by atoms with Gasteiger partial charge in [-0.3, -0.25) is 9.59 Å². The van der Waals surface area contributed by atoms with Gasteiger partial charge in [-0.05, 0) is 46.9 Å². The van der Waals surface area contributed by atoms with Gasteiger partial charge in [0.1, 0.15) is 0 Å². The Kier molecular flexibility index (Phi) is 4.25. The van der Waals surface area contributed by atoms with Crippen LogP contribution in [0.2, 0.25) is 0 Å². The highest BCUT2D eigenvalue weighted by Crippen LogP contribution is 2.58. The Bertz CT molecular complexity index is 1210. The van der Waals surface area contributed by atoms with Crippen LogP contribution >= 0.6 is 0 Å². The molecule has 0 aromatic heterocycles. The molecule has 3 heteroatoms. The molecule has 2 aliphatic carbocycles. The van der Waals surface area contributed by atoms with Crippen LogP contribution in [0.5, 0.6) is 0 Å². The largest absolute Gasteiger partial charge is 0.274 e. The highest BCUT2D eigenvalue weighted by atomic mass is 16.2. The molecule has 2 bridgehead atoms. The zero-order valence-electron chi connectivity index (χ0n) is 17.8. The Morgan fingerprint density at radius 2 is 1.22 bits per heavy atom. The quantitative estimate of drug-likeness (QED) is 0.422. The van der Waals surface area contributed by atoms with Crippen molar-refractivity contribution < 1.29 is 9.59 Å². The second-order valence-corrected chi connectivity index (χ2v) is 8.90. The third kappa shape index (κ3) is 2.67. The first kappa shape index (κ1) is 19.0. The van der Waals surface area contributed by atoms with Crippen LogP contribution in [0.15, 0.2) is 103 Å². The summed E-state index contributed by atoms with van der Waals surface area (Å²) < 4.78 is 0. The average molecular weight is 418 g/mol. The minimum Gasteiger partial charge on any atom is -0.274 e. The number of rotatable bonds is 3. The number of hydrogen-bond donors (Lipinski definition) is 0. The van der Waals surface area contributed by atoms with Crippen LogP contribution in [0.1, 0.15) is 16.7 Å². The molecule has 6 rings (SSSR count). The summed E-state index contributed by atoms with van der Waals surface area (Å²) >= 11 is 0. The number of carbonyl (C=O) groups excluding carboxylic acids is 2. The molecule has 4 atom stereocenters. The van der Waals surface area contributed by atoms with Crippen molar-refractivity contribution >= 4 is 23.1 Å². The second-order valence-electron chi connectivity index (χ2n) is 8.90. The van der Waals surface area contributed by atoms with E-state index in [9.17, 15) is 9.59 Å². The fourth-order valence-electron chi connectivity index (χ4n) is 5.83. The number of allylic oxidation sites excluding steroid dienone is 3. The molecule has 3 aromatic carbocycles. The van der Waals surface area contributed by atoms with Gasteiger partial charge in [0, 0.05) is 11.8 Å². The van der Waals surface area contributed by atoms with E-state index in [2.05, 4.69) is 36.4 Å². The number of fused-ring (bicyclic) bond motifs is 5. The zero-order valence-corrected chi connectivity index (χ0v) is 17.8. The van der Waals surface area contributed by atoms with E-state index in [4.69, 9.17) is 0 Å². The van der Waals surface area contributed by atoms with Gasteiger partial charge < -0.3 is 0 Å². The molecular weight excluding hydrogens is 394 g/mol.